The highest BCUT2D eigenvalue weighted by Gasteiger charge is 2.15. The maximum atomic E-state index is 11.4. The molecule has 0 bridgehead atoms. The lowest BCUT2D eigenvalue weighted by Crippen LogP contribution is -2.45. The van der Waals surface area contributed by atoms with Gasteiger partial charge in [-0.2, -0.15) is 0 Å². The van der Waals surface area contributed by atoms with E-state index >= 15 is 0 Å². The van der Waals surface area contributed by atoms with Crippen molar-refractivity contribution in [3.63, 3.8) is 0 Å². The van der Waals surface area contributed by atoms with Gasteiger partial charge in [-0.25, -0.2) is 0 Å². The molecule has 0 saturated carbocycles. The van der Waals surface area contributed by atoms with E-state index in [2.05, 4.69) is 5.32 Å². The Labute approximate surface area is 78.2 Å². The Kier molecular flexibility index (Phi) is 4.74. The minimum atomic E-state index is 0.136. The first kappa shape index (κ1) is 10.4. The summed E-state index contributed by atoms with van der Waals surface area (Å²) in [5.74, 6) is 0.136. The summed E-state index contributed by atoms with van der Waals surface area (Å²) in [7, 11) is 0. The highest BCUT2D eigenvalue weighted by Crippen LogP contribution is 1.96. The Bertz CT molecular complexity index is 157. The fourth-order valence-corrected chi connectivity index (χ4v) is 1.22. The first-order valence-corrected chi connectivity index (χ1v) is 4.61. The van der Waals surface area contributed by atoms with Gasteiger partial charge in [-0.05, 0) is 0 Å². The second-order valence-corrected chi connectivity index (χ2v) is 2.96. The Morgan fingerprint density at radius 2 is 2.15 bits per heavy atom. The van der Waals surface area contributed by atoms with Crippen LogP contribution in [0.15, 0.2) is 0 Å². The molecule has 0 aromatic heterocycles. The van der Waals surface area contributed by atoms with Crippen LogP contribution in [0.3, 0.4) is 0 Å². The second kappa shape index (κ2) is 5.90. The maximum absolute atomic E-state index is 11.4. The first-order chi connectivity index (χ1) is 6.34. The average molecular weight is 187 g/mol. The molecular formula is C8H17N3O2. The van der Waals surface area contributed by atoms with Crippen molar-refractivity contribution in [1.82, 2.24) is 10.2 Å². The Morgan fingerprint density at radius 3 is 2.77 bits per heavy atom. The highest BCUT2D eigenvalue weighted by molar-refractivity contribution is 5.78. The van der Waals surface area contributed by atoms with Crippen LogP contribution in [0.25, 0.3) is 0 Å². The number of nitrogens with zero attached hydrogens (tertiary/aromatic N) is 1. The van der Waals surface area contributed by atoms with Crippen LogP contribution in [0, 0.1) is 0 Å². The van der Waals surface area contributed by atoms with E-state index < -0.39 is 0 Å². The molecule has 5 heteroatoms. The predicted octanol–water partition coefficient (Wildman–Crippen LogP) is -1.61. The summed E-state index contributed by atoms with van der Waals surface area (Å²) in [5, 5.41) is 2.98. The van der Waals surface area contributed by atoms with Crippen LogP contribution in [-0.2, 0) is 9.53 Å². The molecule has 3 N–H and O–H groups in total. The fourth-order valence-electron chi connectivity index (χ4n) is 1.22. The van der Waals surface area contributed by atoms with Crippen molar-refractivity contribution in [1.29, 1.82) is 0 Å². The summed E-state index contributed by atoms with van der Waals surface area (Å²) < 4.78 is 5.14. The van der Waals surface area contributed by atoms with Gasteiger partial charge in [0.25, 0.3) is 0 Å². The predicted molar refractivity (Wildman–Crippen MR) is 49.3 cm³/mol. The van der Waals surface area contributed by atoms with Gasteiger partial charge in [0.15, 0.2) is 0 Å². The summed E-state index contributed by atoms with van der Waals surface area (Å²) in [5.41, 5.74) is 5.29. The monoisotopic (exact) mass is 187 g/mol. The zero-order valence-corrected chi connectivity index (χ0v) is 7.79. The SMILES string of the molecule is NCCNCC(=O)N1CCOCC1. The maximum Gasteiger partial charge on any atom is 0.236 e. The Morgan fingerprint density at radius 1 is 1.46 bits per heavy atom. The number of hydrogen-bond acceptors (Lipinski definition) is 4. The van der Waals surface area contributed by atoms with E-state index in [1.807, 2.05) is 4.90 Å². The van der Waals surface area contributed by atoms with Crippen molar-refractivity contribution >= 4 is 5.91 Å². The number of morpholine rings is 1. The molecule has 1 fully saturated rings. The number of carbonyl (C=O) groups is 1. The number of nitrogens with one attached hydrogen (secondary N) is 1. The zero-order chi connectivity index (χ0) is 9.52. The molecule has 1 rings (SSSR count). The van der Waals surface area contributed by atoms with Gasteiger partial charge < -0.3 is 20.7 Å². The Balaban J connectivity index is 2.13. The van der Waals surface area contributed by atoms with Crippen molar-refractivity contribution in [2.24, 2.45) is 5.73 Å². The van der Waals surface area contributed by atoms with E-state index in [4.69, 9.17) is 10.5 Å². The number of ether oxygens (including phenoxy) is 1. The molecular weight excluding hydrogens is 170 g/mol. The van der Waals surface area contributed by atoms with Gasteiger partial charge in [-0.3, -0.25) is 4.79 Å². The molecule has 0 aromatic carbocycles. The number of hydrogen-bond donors (Lipinski definition) is 2. The van der Waals surface area contributed by atoms with Gasteiger partial charge in [0, 0.05) is 26.2 Å². The first-order valence-electron chi connectivity index (χ1n) is 4.61. The van der Waals surface area contributed by atoms with Crippen LogP contribution in [-0.4, -0.2) is 56.7 Å². The molecule has 0 radical (unpaired) electrons. The summed E-state index contributed by atoms with van der Waals surface area (Å²) in [6, 6.07) is 0. The van der Waals surface area contributed by atoms with E-state index in [0.29, 0.717) is 45.9 Å². The standard InChI is InChI=1S/C8H17N3O2/c9-1-2-10-7-8(12)11-3-5-13-6-4-11/h10H,1-7,9H2. The van der Waals surface area contributed by atoms with E-state index in [9.17, 15) is 4.79 Å². The average Bonchev–Trinajstić information content (AvgIpc) is 2.19. The van der Waals surface area contributed by atoms with Gasteiger partial charge in [0.1, 0.15) is 0 Å². The molecule has 0 spiro atoms. The number of rotatable bonds is 4. The molecule has 0 unspecified atom stereocenters. The van der Waals surface area contributed by atoms with Crippen molar-refractivity contribution in [2.45, 2.75) is 0 Å². The summed E-state index contributed by atoms with van der Waals surface area (Å²) in [6.07, 6.45) is 0. The van der Waals surface area contributed by atoms with Gasteiger partial charge in [0.05, 0.1) is 19.8 Å². The van der Waals surface area contributed by atoms with Crippen molar-refractivity contribution < 1.29 is 9.53 Å². The van der Waals surface area contributed by atoms with Crippen molar-refractivity contribution in [3.05, 3.63) is 0 Å². The number of nitrogens with two attached hydrogens (primary N) is 1. The lowest BCUT2D eigenvalue weighted by Gasteiger charge is -2.26. The highest BCUT2D eigenvalue weighted by atomic mass is 16.5. The normalized spacial score (nSPS) is 17.5. The summed E-state index contributed by atoms with van der Waals surface area (Å²) in [6.45, 7) is 4.38. The van der Waals surface area contributed by atoms with Crippen LogP contribution in [0.4, 0.5) is 0 Å². The summed E-state index contributed by atoms with van der Waals surface area (Å²) in [4.78, 5) is 13.3. The molecule has 1 amide bonds. The fraction of sp³-hybridized carbons (Fsp3) is 0.875. The second-order valence-electron chi connectivity index (χ2n) is 2.96. The van der Waals surface area contributed by atoms with Crippen molar-refractivity contribution in [3.8, 4) is 0 Å². The summed E-state index contributed by atoms with van der Waals surface area (Å²) >= 11 is 0. The molecule has 13 heavy (non-hydrogen) atoms. The Hall–Kier alpha value is -0.650. The van der Waals surface area contributed by atoms with Crippen LogP contribution in [0.1, 0.15) is 0 Å². The van der Waals surface area contributed by atoms with Gasteiger partial charge in [0.2, 0.25) is 5.91 Å². The molecule has 1 aliphatic rings. The zero-order valence-electron chi connectivity index (χ0n) is 7.79. The van der Waals surface area contributed by atoms with Crippen LogP contribution in [0.2, 0.25) is 0 Å². The third kappa shape index (κ3) is 3.71. The largest absolute Gasteiger partial charge is 0.378 e. The number of amides is 1. The molecule has 0 aromatic rings. The quantitative estimate of drug-likeness (QED) is 0.520. The van der Waals surface area contributed by atoms with Crippen LogP contribution >= 0.6 is 0 Å². The van der Waals surface area contributed by atoms with Crippen molar-refractivity contribution in [2.75, 3.05) is 45.9 Å². The molecule has 0 aliphatic carbocycles. The minimum absolute atomic E-state index is 0.136. The molecule has 0 atom stereocenters. The van der Waals surface area contributed by atoms with Gasteiger partial charge in [-0.15, -0.1) is 0 Å². The van der Waals surface area contributed by atoms with E-state index in [0.717, 1.165) is 0 Å². The molecule has 76 valence electrons. The molecule has 5 nitrogen and oxygen atoms in total. The number of carbonyl (C=O) groups excluding carboxylic acids is 1. The van der Waals surface area contributed by atoms with E-state index in [1.54, 1.807) is 0 Å². The van der Waals surface area contributed by atoms with E-state index in [1.165, 1.54) is 0 Å². The molecule has 1 saturated heterocycles. The minimum Gasteiger partial charge on any atom is -0.378 e. The van der Waals surface area contributed by atoms with Crippen LogP contribution < -0.4 is 11.1 Å². The molecule has 1 aliphatic heterocycles. The van der Waals surface area contributed by atoms with Gasteiger partial charge >= 0.3 is 0 Å². The lowest BCUT2D eigenvalue weighted by molar-refractivity contribution is -0.134. The van der Waals surface area contributed by atoms with Gasteiger partial charge in [-0.1, -0.05) is 0 Å². The third-order valence-corrected chi connectivity index (χ3v) is 1.96. The lowest BCUT2D eigenvalue weighted by atomic mass is 10.4. The third-order valence-electron chi connectivity index (χ3n) is 1.96. The smallest absolute Gasteiger partial charge is 0.236 e. The van der Waals surface area contributed by atoms with E-state index in [-0.39, 0.29) is 5.91 Å². The van der Waals surface area contributed by atoms with Crippen LogP contribution in [0.5, 0.6) is 0 Å². The topological polar surface area (TPSA) is 67.6 Å². The molecule has 1 heterocycles.